The van der Waals surface area contributed by atoms with Crippen LogP contribution in [0.25, 0.3) is 10.8 Å². The molecule has 3 aromatic rings. The van der Waals surface area contributed by atoms with Crippen molar-refractivity contribution in [3.05, 3.63) is 66.7 Å². The number of rotatable bonds is 7. The van der Waals surface area contributed by atoms with Crippen molar-refractivity contribution in [2.24, 2.45) is 5.73 Å². The Bertz CT molecular complexity index is 974. The van der Waals surface area contributed by atoms with Gasteiger partial charge in [-0.05, 0) is 35.0 Å². The number of thioether (sulfide) groups is 1. The van der Waals surface area contributed by atoms with Crippen molar-refractivity contribution in [3.8, 4) is 0 Å². The summed E-state index contributed by atoms with van der Waals surface area (Å²) in [4.78, 5) is 26.2. The Balaban J connectivity index is 1.67. The van der Waals surface area contributed by atoms with E-state index in [1.165, 1.54) is 17.1 Å². The predicted octanol–water partition coefficient (Wildman–Crippen LogP) is 3.49. The fourth-order valence-corrected chi connectivity index (χ4v) is 3.50. The number of benzene rings is 3. The fraction of sp³-hybridized carbons (Fsp3) is 0.143. The van der Waals surface area contributed by atoms with E-state index in [2.05, 4.69) is 29.6 Å². The van der Waals surface area contributed by atoms with Crippen molar-refractivity contribution in [3.63, 3.8) is 0 Å². The molecule has 0 aliphatic heterocycles. The molecular formula is C21H21N3O2S. The van der Waals surface area contributed by atoms with Gasteiger partial charge < -0.3 is 16.0 Å². The molecule has 0 radical (unpaired) electrons. The lowest BCUT2D eigenvalue weighted by Gasteiger charge is -2.20. The van der Waals surface area contributed by atoms with Crippen LogP contribution in [-0.2, 0) is 9.59 Å². The second kappa shape index (κ2) is 8.60. The van der Waals surface area contributed by atoms with Crippen molar-refractivity contribution in [1.82, 2.24) is 0 Å². The zero-order valence-corrected chi connectivity index (χ0v) is 15.8. The van der Waals surface area contributed by atoms with Crippen LogP contribution in [0.3, 0.4) is 0 Å². The average molecular weight is 379 g/mol. The molecule has 3 N–H and O–H groups in total. The summed E-state index contributed by atoms with van der Waals surface area (Å²) in [6.45, 7) is 0.215. The highest BCUT2D eigenvalue weighted by Gasteiger charge is 2.11. The van der Waals surface area contributed by atoms with Crippen LogP contribution >= 0.6 is 11.8 Å². The molecule has 138 valence electrons. The lowest BCUT2D eigenvalue weighted by atomic mass is 10.1. The summed E-state index contributed by atoms with van der Waals surface area (Å²) in [7, 11) is 1.89. The number of anilines is 2. The lowest BCUT2D eigenvalue weighted by Crippen LogP contribution is -2.30. The second-order valence-corrected chi connectivity index (χ2v) is 7.20. The van der Waals surface area contributed by atoms with Gasteiger partial charge in [-0.25, -0.2) is 0 Å². The molecule has 2 amide bonds. The summed E-state index contributed by atoms with van der Waals surface area (Å²) in [6, 6.07) is 21.6. The Morgan fingerprint density at radius 3 is 2.48 bits per heavy atom. The first kappa shape index (κ1) is 18.8. The molecule has 0 unspecified atom stereocenters. The van der Waals surface area contributed by atoms with Crippen molar-refractivity contribution >= 4 is 45.7 Å². The minimum atomic E-state index is -0.392. The number of likely N-dealkylation sites (N-methyl/N-ethyl adjacent to an activating group) is 1. The first-order valence-corrected chi connectivity index (χ1v) is 9.51. The molecule has 6 heteroatoms. The zero-order chi connectivity index (χ0) is 19.2. The first-order chi connectivity index (χ1) is 13.0. The maximum absolute atomic E-state index is 12.5. The van der Waals surface area contributed by atoms with Gasteiger partial charge in [0.25, 0.3) is 0 Å². The molecule has 0 fully saturated rings. The van der Waals surface area contributed by atoms with Crippen LogP contribution in [0.2, 0.25) is 0 Å². The molecule has 0 spiro atoms. The highest BCUT2D eigenvalue weighted by molar-refractivity contribution is 8.00. The molecule has 0 heterocycles. The Morgan fingerprint density at radius 1 is 1.00 bits per heavy atom. The highest BCUT2D eigenvalue weighted by Crippen LogP contribution is 2.27. The fourth-order valence-electron chi connectivity index (χ4n) is 2.76. The number of nitrogens with two attached hydrogens (primary N) is 1. The third-order valence-electron chi connectivity index (χ3n) is 4.09. The SMILES string of the molecule is CN(CC(=O)Nc1ccccc1SCC(N)=O)c1ccc2ccccc2c1. The summed E-state index contributed by atoms with van der Waals surface area (Å²) in [5, 5.41) is 5.22. The molecule has 0 atom stereocenters. The smallest absolute Gasteiger partial charge is 0.243 e. The van der Waals surface area contributed by atoms with Gasteiger partial charge in [-0.3, -0.25) is 9.59 Å². The summed E-state index contributed by atoms with van der Waals surface area (Å²) in [6.07, 6.45) is 0. The van der Waals surface area contributed by atoms with Crippen molar-refractivity contribution in [1.29, 1.82) is 0 Å². The zero-order valence-electron chi connectivity index (χ0n) is 15.0. The Labute approximate surface area is 162 Å². The minimum absolute atomic E-state index is 0.127. The molecule has 0 saturated heterocycles. The van der Waals surface area contributed by atoms with Gasteiger partial charge in [0.1, 0.15) is 0 Å². The van der Waals surface area contributed by atoms with Crippen molar-refractivity contribution in [2.45, 2.75) is 4.90 Å². The number of fused-ring (bicyclic) bond motifs is 1. The van der Waals surface area contributed by atoms with Crippen LogP contribution in [0.5, 0.6) is 0 Å². The number of hydrogen-bond donors (Lipinski definition) is 2. The molecule has 0 saturated carbocycles. The standard InChI is InChI=1S/C21H21N3O2S/c1-24(17-11-10-15-6-2-3-7-16(15)12-17)13-21(26)23-18-8-4-5-9-19(18)27-14-20(22)25/h2-12H,13-14H2,1H3,(H2,22,25)(H,23,26). The molecule has 0 aromatic heterocycles. The van der Waals surface area contributed by atoms with Gasteiger partial charge in [0, 0.05) is 17.6 Å². The number of carbonyl (C=O) groups excluding carboxylic acids is 2. The second-order valence-electron chi connectivity index (χ2n) is 6.19. The van der Waals surface area contributed by atoms with E-state index in [0.717, 1.165) is 16.0 Å². The van der Waals surface area contributed by atoms with Crippen LogP contribution in [0.4, 0.5) is 11.4 Å². The van der Waals surface area contributed by atoms with Gasteiger partial charge >= 0.3 is 0 Å². The maximum atomic E-state index is 12.5. The molecule has 3 rings (SSSR count). The molecule has 5 nitrogen and oxygen atoms in total. The van der Waals surface area contributed by atoms with E-state index < -0.39 is 5.91 Å². The van der Waals surface area contributed by atoms with Crippen LogP contribution in [0.15, 0.2) is 71.6 Å². The number of amides is 2. The number of carbonyl (C=O) groups is 2. The van der Waals surface area contributed by atoms with Crippen LogP contribution < -0.4 is 16.0 Å². The third-order valence-corrected chi connectivity index (χ3v) is 5.18. The number of nitrogens with zero attached hydrogens (tertiary/aromatic N) is 1. The van der Waals surface area contributed by atoms with E-state index in [0.29, 0.717) is 5.69 Å². The number of primary amides is 1. The topological polar surface area (TPSA) is 75.4 Å². The van der Waals surface area contributed by atoms with Crippen LogP contribution in [0.1, 0.15) is 0 Å². The average Bonchev–Trinajstić information content (AvgIpc) is 2.66. The molecule has 0 aliphatic rings. The van der Waals surface area contributed by atoms with Crippen LogP contribution in [0, 0.1) is 0 Å². The van der Waals surface area contributed by atoms with Gasteiger partial charge in [-0.15, -0.1) is 11.8 Å². The third kappa shape index (κ3) is 5.01. The summed E-state index contributed by atoms with van der Waals surface area (Å²) in [5.41, 5.74) is 6.86. The Hall–Kier alpha value is -2.99. The molecule has 27 heavy (non-hydrogen) atoms. The molecule has 0 aliphatic carbocycles. The van der Waals surface area contributed by atoms with E-state index >= 15 is 0 Å². The van der Waals surface area contributed by atoms with Crippen molar-refractivity contribution in [2.75, 3.05) is 29.6 Å². The van der Waals surface area contributed by atoms with Gasteiger partial charge in [0.15, 0.2) is 0 Å². The number of para-hydroxylation sites is 1. The van der Waals surface area contributed by atoms with E-state index in [4.69, 9.17) is 5.73 Å². The predicted molar refractivity (Wildman–Crippen MR) is 112 cm³/mol. The minimum Gasteiger partial charge on any atom is -0.369 e. The van der Waals surface area contributed by atoms with Gasteiger partial charge in [0.05, 0.1) is 18.0 Å². The Morgan fingerprint density at radius 2 is 1.70 bits per heavy atom. The summed E-state index contributed by atoms with van der Waals surface area (Å²) < 4.78 is 0. The summed E-state index contributed by atoms with van der Waals surface area (Å²) in [5.74, 6) is -0.348. The summed E-state index contributed by atoms with van der Waals surface area (Å²) >= 11 is 1.31. The number of nitrogens with one attached hydrogen (secondary N) is 1. The first-order valence-electron chi connectivity index (χ1n) is 8.53. The largest absolute Gasteiger partial charge is 0.369 e. The molecule has 0 bridgehead atoms. The van der Waals surface area contributed by atoms with E-state index in [1.807, 2.05) is 54.4 Å². The molecule has 3 aromatic carbocycles. The highest BCUT2D eigenvalue weighted by atomic mass is 32.2. The van der Waals surface area contributed by atoms with E-state index in [-0.39, 0.29) is 18.2 Å². The van der Waals surface area contributed by atoms with Gasteiger partial charge in [-0.2, -0.15) is 0 Å². The van der Waals surface area contributed by atoms with Gasteiger partial charge in [0.2, 0.25) is 11.8 Å². The Kier molecular flexibility index (Phi) is 5.98. The van der Waals surface area contributed by atoms with Gasteiger partial charge in [-0.1, -0.05) is 42.5 Å². The lowest BCUT2D eigenvalue weighted by molar-refractivity contribution is -0.116. The van der Waals surface area contributed by atoms with Crippen molar-refractivity contribution < 1.29 is 9.59 Å². The maximum Gasteiger partial charge on any atom is 0.243 e. The van der Waals surface area contributed by atoms with Crippen LogP contribution in [-0.4, -0.2) is 31.2 Å². The van der Waals surface area contributed by atoms with E-state index in [9.17, 15) is 9.59 Å². The number of hydrogen-bond acceptors (Lipinski definition) is 4. The quantitative estimate of drug-likeness (QED) is 0.616. The van der Waals surface area contributed by atoms with E-state index in [1.54, 1.807) is 0 Å². The molecular weight excluding hydrogens is 358 g/mol. The monoisotopic (exact) mass is 379 g/mol. The normalized spacial score (nSPS) is 10.6.